The van der Waals surface area contributed by atoms with Crippen LogP contribution in [0.2, 0.25) is 0 Å². The highest BCUT2D eigenvalue weighted by molar-refractivity contribution is 5.99. The maximum atomic E-state index is 12.3. The summed E-state index contributed by atoms with van der Waals surface area (Å²) < 4.78 is 5.17. The highest BCUT2D eigenvalue weighted by Crippen LogP contribution is 2.22. The van der Waals surface area contributed by atoms with Crippen molar-refractivity contribution in [3.05, 3.63) is 60.9 Å². The highest BCUT2D eigenvalue weighted by Gasteiger charge is 2.14. The quantitative estimate of drug-likeness (QED) is 0.546. The maximum absolute atomic E-state index is 12.3. The normalized spacial score (nSPS) is 14.0. The van der Waals surface area contributed by atoms with Crippen LogP contribution in [0.3, 0.4) is 0 Å². The number of aromatic nitrogens is 2. The van der Waals surface area contributed by atoms with Gasteiger partial charge >= 0.3 is 6.03 Å². The topological polar surface area (TPSA) is 94.6 Å². The summed E-state index contributed by atoms with van der Waals surface area (Å²) in [6, 6.07) is 16.7. The van der Waals surface area contributed by atoms with E-state index in [0.29, 0.717) is 23.1 Å². The molecule has 9 nitrogen and oxygen atoms in total. The number of methoxy groups -OCH3 is 1. The number of nitrogens with zero attached hydrogens (tertiary/aromatic N) is 4. The summed E-state index contributed by atoms with van der Waals surface area (Å²) in [6.45, 7) is 4.20. The Kier molecular flexibility index (Phi) is 6.66. The number of benzene rings is 2. The Balaban J connectivity index is 1.35. The van der Waals surface area contributed by atoms with Crippen molar-refractivity contribution in [3.8, 4) is 5.75 Å². The van der Waals surface area contributed by atoms with Crippen molar-refractivity contribution in [2.24, 2.45) is 0 Å². The molecule has 2 amide bonds. The zero-order chi connectivity index (χ0) is 22.3. The Bertz CT molecular complexity index is 1050. The molecule has 1 aliphatic rings. The van der Waals surface area contributed by atoms with Crippen LogP contribution >= 0.6 is 0 Å². The summed E-state index contributed by atoms with van der Waals surface area (Å²) >= 11 is 0. The van der Waals surface area contributed by atoms with Crippen LogP contribution < -0.4 is 25.6 Å². The standard InChI is InChI=1S/C23H27N7O2/c1-29-10-12-30(13-11-29)19-8-6-17(7-9-19)26-21-15-22(25-16-24-21)28-23(31)27-18-4-3-5-20(14-18)32-2/h3-9,14-16H,10-13H2,1-2H3,(H3,24,25,26,27,28,31). The smallest absolute Gasteiger partial charge is 0.324 e. The van der Waals surface area contributed by atoms with Crippen LogP contribution in [-0.2, 0) is 0 Å². The molecule has 2 aromatic carbocycles. The third-order valence-electron chi connectivity index (χ3n) is 5.24. The van der Waals surface area contributed by atoms with Crippen LogP contribution in [0.15, 0.2) is 60.9 Å². The van der Waals surface area contributed by atoms with Gasteiger partial charge in [0, 0.05) is 55.4 Å². The fourth-order valence-corrected chi connectivity index (χ4v) is 3.44. The van der Waals surface area contributed by atoms with Crippen LogP contribution in [0, 0.1) is 0 Å². The molecule has 9 heteroatoms. The second-order valence-corrected chi connectivity index (χ2v) is 7.56. The van der Waals surface area contributed by atoms with Crippen molar-refractivity contribution in [2.75, 3.05) is 61.2 Å². The van der Waals surface area contributed by atoms with E-state index in [1.807, 2.05) is 18.2 Å². The second kappa shape index (κ2) is 9.97. The van der Waals surface area contributed by atoms with Crippen molar-refractivity contribution in [1.82, 2.24) is 14.9 Å². The summed E-state index contributed by atoms with van der Waals surface area (Å²) in [6.07, 6.45) is 1.40. The number of piperazine rings is 1. The lowest BCUT2D eigenvalue weighted by molar-refractivity contribution is 0.262. The molecule has 0 aliphatic carbocycles. The first-order valence-corrected chi connectivity index (χ1v) is 10.4. The Morgan fingerprint density at radius 2 is 1.66 bits per heavy atom. The molecule has 4 rings (SSSR count). The zero-order valence-corrected chi connectivity index (χ0v) is 18.2. The van der Waals surface area contributed by atoms with Gasteiger partial charge in [-0.05, 0) is 43.4 Å². The summed E-state index contributed by atoms with van der Waals surface area (Å²) in [5, 5.41) is 8.73. The first-order chi connectivity index (χ1) is 15.6. The molecule has 1 aromatic heterocycles. The largest absolute Gasteiger partial charge is 0.497 e. The number of nitrogens with one attached hydrogen (secondary N) is 3. The summed E-state index contributed by atoms with van der Waals surface area (Å²) in [5.74, 6) is 1.64. The summed E-state index contributed by atoms with van der Waals surface area (Å²) in [7, 11) is 3.73. The Hall–Kier alpha value is -3.85. The van der Waals surface area contributed by atoms with Gasteiger partial charge in [0.2, 0.25) is 0 Å². The minimum absolute atomic E-state index is 0.386. The number of carbonyl (C=O) groups is 1. The Morgan fingerprint density at radius 3 is 2.41 bits per heavy atom. The molecule has 1 fully saturated rings. The van der Waals surface area contributed by atoms with E-state index in [1.54, 1.807) is 31.4 Å². The van der Waals surface area contributed by atoms with Gasteiger partial charge in [0.15, 0.2) is 0 Å². The molecule has 1 aliphatic heterocycles. The van der Waals surface area contributed by atoms with Gasteiger partial charge in [0.25, 0.3) is 0 Å². The fraction of sp³-hybridized carbons (Fsp3) is 0.261. The number of amides is 2. The molecule has 2 heterocycles. The maximum Gasteiger partial charge on any atom is 0.324 e. The average Bonchev–Trinajstić information content (AvgIpc) is 2.80. The molecule has 1 saturated heterocycles. The van der Waals surface area contributed by atoms with Crippen molar-refractivity contribution in [2.45, 2.75) is 0 Å². The number of carbonyl (C=O) groups excluding carboxylic acids is 1. The Morgan fingerprint density at radius 1 is 0.906 bits per heavy atom. The number of urea groups is 1. The first-order valence-electron chi connectivity index (χ1n) is 10.4. The number of hydrogen-bond acceptors (Lipinski definition) is 7. The van der Waals surface area contributed by atoms with Crippen molar-refractivity contribution >= 4 is 34.7 Å². The molecule has 0 unspecified atom stereocenters. The lowest BCUT2D eigenvalue weighted by Crippen LogP contribution is -2.44. The van der Waals surface area contributed by atoms with E-state index in [1.165, 1.54) is 12.0 Å². The van der Waals surface area contributed by atoms with E-state index >= 15 is 0 Å². The average molecular weight is 434 g/mol. The molecular weight excluding hydrogens is 406 g/mol. The second-order valence-electron chi connectivity index (χ2n) is 7.56. The van der Waals surface area contributed by atoms with Crippen LogP contribution in [0.25, 0.3) is 0 Å². The molecule has 0 bridgehead atoms. The monoisotopic (exact) mass is 433 g/mol. The first kappa shape index (κ1) is 21.4. The third kappa shape index (κ3) is 5.64. The predicted octanol–water partition coefficient (Wildman–Crippen LogP) is 3.62. The van der Waals surface area contributed by atoms with Crippen LogP contribution in [0.4, 0.5) is 33.5 Å². The van der Waals surface area contributed by atoms with Crippen molar-refractivity contribution in [3.63, 3.8) is 0 Å². The zero-order valence-electron chi connectivity index (χ0n) is 18.2. The van der Waals surface area contributed by atoms with Gasteiger partial charge in [-0.25, -0.2) is 14.8 Å². The minimum atomic E-state index is -0.403. The number of likely N-dealkylation sites (N-methyl/N-ethyl adjacent to an activating group) is 1. The number of rotatable bonds is 6. The van der Waals surface area contributed by atoms with Crippen LogP contribution in [0.1, 0.15) is 0 Å². The number of hydrogen-bond donors (Lipinski definition) is 3. The van der Waals surface area contributed by atoms with E-state index in [9.17, 15) is 4.79 Å². The van der Waals surface area contributed by atoms with Crippen LogP contribution in [-0.4, -0.2) is 61.2 Å². The molecule has 166 valence electrons. The number of ether oxygens (including phenoxy) is 1. The summed E-state index contributed by atoms with van der Waals surface area (Å²) in [5.41, 5.74) is 2.74. The van der Waals surface area contributed by atoms with Crippen molar-refractivity contribution in [1.29, 1.82) is 0 Å². The molecule has 0 radical (unpaired) electrons. The molecule has 3 N–H and O–H groups in total. The van der Waals surface area contributed by atoms with Gasteiger partial charge in [-0.1, -0.05) is 6.07 Å². The Labute approximate surface area is 187 Å². The van der Waals surface area contributed by atoms with E-state index in [-0.39, 0.29) is 0 Å². The molecule has 0 atom stereocenters. The predicted molar refractivity (Wildman–Crippen MR) is 127 cm³/mol. The third-order valence-corrected chi connectivity index (χ3v) is 5.24. The SMILES string of the molecule is COc1cccc(NC(=O)Nc2cc(Nc3ccc(N4CCN(C)CC4)cc3)ncn2)c1. The van der Waals surface area contributed by atoms with E-state index in [4.69, 9.17) is 4.74 Å². The molecule has 0 spiro atoms. The van der Waals surface area contributed by atoms with Gasteiger partial charge in [-0.2, -0.15) is 0 Å². The van der Waals surface area contributed by atoms with Crippen LogP contribution in [0.5, 0.6) is 5.75 Å². The summed E-state index contributed by atoms with van der Waals surface area (Å²) in [4.78, 5) is 25.4. The van der Waals surface area contributed by atoms with Crippen molar-refractivity contribution < 1.29 is 9.53 Å². The van der Waals surface area contributed by atoms with Gasteiger partial charge in [-0.3, -0.25) is 5.32 Å². The molecular formula is C23H27N7O2. The highest BCUT2D eigenvalue weighted by atomic mass is 16.5. The van der Waals surface area contributed by atoms with Gasteiger partial charge in [-0.15, -0.1) is 0 Å². The number of anilines is 5. The van der Waals surface area contributed by atoms with Gasteiger partial charge in [0.05, 0.1) is 7.11 Å². The fourth-order valence-electron chi connectivity index (χ4n) is 3.44. The lowest BCUT2D eigenvalue weighted by atomic mass is 10.2. The van der Waals surface area contributed by atoms with Gasteiger partial charge in [0.1, 0.15) is 23.7 Å². The molecule has 32 heavy (non-hydrogen) atoms. The van der Waals surface area contributed by atoms with Gasteiger partial charge < -0.3 is 25.2 Å². The van der Waals surface area contributed by atoms with E-state index in [2.05, 4.69) is 54.9 Å². The van der Waals surface area contributed by atoms with E-state index in [0.717, 1.165) is 31.9 Å². The minimum Gasteiger partial charge on any atom is -0.497 e. The molecule has 3 aromatic rings. The van der Waals surface area contributed by atoms with E-state index < -0.39 is 6.03 Å². The molecule has 0 saturated carbocycles. The lowest BCUT2D eigenvalue weighted by Gasteiger charge is -2.34.